The van der Waals surface area contributed by atoms with Crippen LogP contribution < -0.4 is 21.3 Å². The Labute approximate surface area is 297 Å². The first kappa shape index (κ1) is 38.1. The van der Waals surface area contributed by atoms with Crippen molar-refractivity contribution in [1.29, 1.82) is 0 Å². The highest BCUT2D eigenvalue weighted by molar-refractivity contribution is 5.99. The van der Waals surface area contributed by atoms with E-state index in [1.165, 1.54) is 12.5 Å². The van der Waals surface area contributed by atoms with Crippen LogP contribution in [0, 0.1) is 12.8 Å². The van der Waals surface area contributed by atoms with Crippen LogP contribution in [0.4, 0.5) is 0 Å². The molecule has 0 saturated heterocycles. The lowest BCUT2D eigenvalue weighted by Crippen LogP contribution is -2.61. The Morgan fingerprint density at radius 2 is 1.57 bits per heavy atom. The molecule has 9 nitrogen and oxygen atoms in total. The second-order valence-electron chi connectivity index (χ2n) is 14.4. The zero-order chi connectivity index (χ0) is 34.1. The zero-order valence-electron chi connectivity index (χ0n) is 29.2. The third-order valence-electron chi connectivity index (χ3n) is 10.5. The number of carbonyl (C=O) groups is 4. The minimum Gasteiger partial charge on any atom is -0.352 e. The van der Waals surface area contributed by atoms with Crippen molar-refractivity contribution in [2.75, 3.05) is 14.1 Å². The Morgan fingerprint density at radius 1 is 0.878 bits per heavy atom. The summed E-state index contributed by atoms with van der Waals surface area (Å²) in [7, 11) is 4.15. The van der Waals surface area contributed by atoms with Crippen LogP contribution in [-0.2, 0) is 25.6 Å². The van der Waals surface area contributed by atoms with E-state index in [9.17, 15) is 19.2 Å². The van der Waals surface area contributed by atoms with Crippen LogP contribution in [0.15, 0.2) is 60.7 Å². The Hall–Kier alpha value is -3.69. The van der Waals surface area contributed by atoms with Crippen molar-refractivity contribution < 1.29 is 19.2 Å². The third kappa shape index (κ3) is 10.4. The van der Waals surface area contributed by atoms with Crippen LogP contribution in [0.1, 0.15) is 87.3 Å². The molecule has 0 aliphatic heterocycles. The summed E-state index contributed by atoms with van der Waals surface area (Å²) in [5.41, 5.74) is 1.89. The number of amides is 4. The molecular weight excluding hydrogens is 638 g/mol. The van der Waals surface area contributed by atoms with E-state index in [2.05, 4.69) is 40.3 Å². The molecule has 5 rings (SSSR count). The van der Waals surface area contributed by atoms with E-state index < -0.39 is 11.6 Å². The van der Waals surface area contributed by atoms with Crippen LogP contribution in [0.25, 0.3) is 6.08 Å². The molecule has 3 aliphatic rings. The Kier molecular flexibility index (Phi) is 13.9. The van der Waals surface area contributed by atoms with Gasteiger partial charge in [-0.05, 0) is 83.2 Å². The van der Waals surface area contributed by atoms with Crippen LogP contribution in [0.5, 0.6) is 0 Å². The maximum atomic E-state index is 14.0. The van der Waals surface area contributed by atoms with E-state index in [4.69, 9.17) is 0 Å². The van der Waals surface area contributed by atoms with Crippen LogP contribution in [0.2, 0.25) is 0 Å². The molecular formula is C39H54ClN5O4. The van der Waals surface area contributed by atoms with Gasteiger partial charge in [-0.2, -0.15) is 0 Å². The largest absolute Gasteiger partial charge is 0.352 e. The lowest BCUT2D eigenvalue weighted by molar-refractivity contribution is -0.135. The fourth-order valence-corrected chi connectivity index (χ4v) is 7.72. The highest BCUT2D eigenvalue weighted by Gasteiger charge is 2.44. The maximum absolute atomic E-state index is 14.0. The molecule has 0 spiro atoms. The maximum Gasteiger partial charge on any atom is 0.246 e. The molecule has 3 aliphatic carbocycles. The van der Waals surface area contributed by atoms with Gasteiger partial charge in [0.05, 0.1) is 0 Å². The van der Waals surface area contributed by atoms with Crippen LogP contribution >= 0.6 is 12.4 Å². The molecule has 4 N–H and O–H groups in total. The molecule has 2 aromatic rings. The fraction of sp³-hybridized carbons (Fsp3) is 0.538. The monoisotopic (exact) mass is 691 g/mol. The topological polar surface area (TPSA) is 120 Å². The van der Waals surface area contributed by atoms with E-state index in [1.54, 1.807) is 6.08 Å². The molecule has 3 fully saturated rings. The van der Waals surface area contributed by atoms with Gasteiger partial charge in [0.25, 0.3) is 0 Å². The van der Waals surface area contributed by atoms with Gasteiger partial charge in [0.1, 0.15) is 11.6 Å². The number of aryl methyl sites for hydroxylation is 1. The molecule has 2 aromatic carbocycles. The number of rotatable bonds is 12. The third-order valence-corrected chi connectivity index (χ3v) is 10.5. The summed E-state index contributed by atoms with van der Waals surface area (Å²) in [6.45, 7) is 2.01. The Morgan fingerprint density at radius 3 is 2.27 bits per heavy atom. The van der Waals surface area contributed by atoms with Crippen LogP contribution in [0.3, 0.4) is 0 Å². The van der Waals surface area contributed by atoms with Crippen molar-refractivity contribution in [2.45, 2.75) is 114 Å². The number of nitrogens with one attached hydrogen (secondary N) is 4. The molecule has 0 aromatic heterocycles. The molecule has 49 heavy (non-hydrogen) atoms. The van der Waals surface area contributed by atoms with Gasteiger partial charge < -0.3 is 26.2 Å². The lowest BCUT2D eigenvalue weighted by atomic mass is 9.89. The highest BCUT2D eigenvalue weighted by atomic mass is 35.5. The quantitative estimate of drug-likeness (QED) is 0.237. The van der Waals surface area contributed by atoms with Crippen molar-refractivity contribution >= 4 is 42.1 Å². The molecule has 0 heterocycles. The first-order chi connectivity index (χ1) is 23.1. The van der Waals surface area contributed by atoms with Gasteiger partial charge in [0.15, 0.2) is 0 Å². The number of nitrogens with zero attached hydrogens (tertiary/aromatic N) is 1. The van der Waals surface area contributed by atoms with Gasteiger partial charge >= 0.3 is 0 Å². The zero-order valence-corrected chi connectivity index (χ0v) is 30.0. The summed E-state index contributed by atoms with van der Waals surface area (Å²) < 4.78 is 0. The number of carbonyl (C=O) groups excluding carboxylic acids is 4. The molecule has 5 atom stereocenters. The molecule has 0 radical (unpaired) electrons. The predicted molar refractivity (Wildman–Crippen MR) is 196 cm³/mol. The lowest BCUT2D eigenvalue weighted by Gasteiger charge is -2.37. The molecule has 0 bridgehead atoms. The van der Waals surface area contributed by atoms with E-state index in [1.807, 2.05) is 61.5 Å². The van der Waals surface area contributed by atoms with Crippen molar-refractivity contribution in [1.82, 2.24) is 26.2 Å². The molecule has 0 unspecified atom stereocenters. The number of hydrogen-bond acceptors (Lipinski definition) is 5. The average Bonchev–Trinajstić information content (AvgIpc) is 3.75. The molecule has 266 valence electrons. The van der Waals surface area contributed by atoms with Crippen molar-refractivity contribution in [2.24, 2.45) is 5.92 Å². The van der Waals surface area contributed by atoms with Crippen LogP contribution in [-0.4, -0.2) is 72.3 Å². The fourth-order valence-electron chi connectivity index (χ4n) is 7.72. The summed E-state index contributed by atoms with van der Waals surface area (Å²) in [5, 5.41) is 12.5. The average molecular weight is 692 g/mol. The highest BCUT2D eigenvalue weighted by Crippen LogP contribution is 2.31. The molecule has 10 heteroatoms. The number of likely N-dealkylation sites (N-methyl/N-ethyl adjacent to an activating group) is 1. The second kappa shape index (κ2) is 17.8. The van der Waals surface area contributed by atoms with Gasteiger partial charge in [0.2, 0.25) is 23.6 Å². The minimum atomic E-state index is -1.08. The molecule has 4 amide bonds. The second-order valence-corrected chi connectivity index (χ2v) is 14.4. The van der Waals surface area contributed by atoms with Crippen molar-refractivity contribution in [3.05, 3.63) is 77.4 Å². The van der Waals surface area contributed by atoms with Crippen molar-refractivity contribution in [3.63, 3.8) is 0 Å². The first-order valence-electron chi connectivity index (χ1n) is 17.8. The summed E-state index contributed by atoms with van der Waals surface area (Å²) in [6, 6.07) is 17.0. The van der Waals surface area contributed by atoms with E-state index in [0.29, 0.717) is 38.1 Å². The van der Waals surface area contributed by atoms with Crippen molar-refractivity contribution in [3.8, 4) is 0 Å². The number of hydrogen-bond donors (Lipinski definition) is 4. The number of halogens is 1. The Bertz CT molecular complexity index is 1440. The van der Waals surface area contributed by atoms with E-state index in [-0.39, 0.29) is 54.0 Å². The van der Waals surface area contributed by atoms with Gasteiger partial charge in [-0.15, -0.1) is 12.4 Å². The standard InChI is InChI=1S/C39H53N5O4.ClH/c1-27-15-17-28(18-16-27)19-22-35(45)43-39(23-9-10-24-39)38(48)42-33(25-29-11-5-4-6-12-29)37(47)40-31-21-20-30(26-31)36(46)41-32-13-7-8-14-34(32)44(2)3;/h4-6,11-12,15-19,22,30-34H,7-10,13-14,20-21,23-26H2,1-3H3,(H,40,47)(H,41,46)(H,42,48)(H,43,45);1H/b22-19+;/t30-,31+,32+,33-,34+;/m1./s1. The molecule has 3 saturated carbocycles. The van der Waals surface area contributed by atoms with Gasteiger partial charge in [0, 0.05) is 36.5 Å². The van der Waals surface area contributed by atoms with E-state index >= 15 is 0 Å². The normalized spacial score (nSPS) is 23.8. The Balaban J connectivity index is 0.00000541. The summed E-state index contributed by atoms with van der Waals surface area (Å²) >= 11 is 0. The SMILES string of the molecule is Cc1ccc(/C=C/C(=O)NC2(C(=O)N[C@H](Cc3ccccc3)C(=O)N[C@H]3CC[C@@H](C(=O)N[C@H]4CCCC[C@@H]4N(C)C)C3)CCCC2)cc1.Cl. The summed E-state index contributed by atoms with van der Waals surface area (Å²) in [5.74, 6) is -1.00. The van der Waals surface area contributed by atoms with E-state index in [0.717, 1.165) is 55.2 Å². The number of benzene rings is 2. The minimum absolute atomic E-state index is 0. The van der Waals surface area contributed by atoms with Gasteiger partial charge in [-0.1, -0.05) is 85.8 Å². The first-order valence-corrected chi connectivity index (χ1v) is 17.8. The smallest absolute Gasteiger partial charge is 0.246 e. The van der Waals surface area contributed by atoms with Gasteiger partial charge in [-0.3, -0.25) is 19.2 Å². The predicted octanol–water partition coefficient (Wildman–Crippen LogP) is 4.86. The summed E-state index contributed by atoms with van der Waals surface area (Å²) in [6.07, 6.45) is 12.6. The van der Waals surface area contributed by atoms with Gasteiger partial charge in [-0.25, -0.2) is 0 Å². The summed E-state index contributed by atoms with van der Waals surface area (Å²) in [4.78, 5) is 56.4.